The van der Waals surface area contributed by atoms with E-state index in [1.807, 2.05) is 7.05 Å². The quantitative estimate of drug-likeness (QED) is 0.832. The summed E-state index contributed by atoms with van der Waals surface area (Å²) in [5.74, 6) is 1.84. The van der Waals surface area contributed by atoms with E-state index >= 15 is 0 Å². The molecule has 2 fully saturated rings. The van der Waals surface area contributed by atoms with Crippen molar-refractivity contribution in [3.8, 4) is 0 Å². The molecule has 1 N–H and O–H groups in total. The van der Waals surface area contributed by atoms with E-state index in [-0.39, 0.29) is 0 Å². The number of nitrogens with one attached hydrogen (secondary N) is 1. The van der Waals surface area contributed by atoms with Crippen LogP contribution < -0.4 is 5.32 Å². The van der Waals surface area contributed by atoms with Gasteiger partial charge in [-0.15, -0.1) is 0 Å². The highest BCUT2D eigenvalue weighted by Crippen LogP contribution is 2.32. The number of hydrogen-bond acceptors (Lipinski definition) is 3. The zero-order valence-corrected chi connectivity index (χ0v) is 12.3. The molecule has 1 aliphatic heterocycles. The smallest absolute Gasteiger partial charge is 0.0826 e. The van der Waals surface area contributed by atoms with Gasteiger partial charge < -0.3 is 10.1 Å². The molecule has 1 heterocycles. The normalized spacial score (nSPS) is 35.0. The molecule has 106 valence electrons. The van der Waals surface area contributed by atoms with Crippen LogP contribution in [0.1, 0.15) is 39.5 Å². The molecule has 1 saturated heterocycles. The van der Waals surface area contributed by atoms with Gasteiger partial charge in [0.25, 0.3) is 0 Å². The first-order valence-electron chi connectivity index (χ1n) is 7.71. The zero-order chi connectivity index (χ0) is 13.0. The molecule has 3 heteroatoms. The highest BCUT2D eigenvalue weighted by atomic mass is 16.5. The first-order chi connectivity index (χ1) is 8.70. The summed E-state index contributed by atoms with van der Waals surface area (Å²) in [5, 5.41) is 3.23. The van der Waals surface area contributed by atoms with Crippen LogP contribution in [0.5, 0.6) is 0 Å². The lowest BCUT2D eigenvalue weighted by molar-refractivity contribution is -0.0489. The van der Waals surface area contributed by atoms with Crippen LogP contribution in [0.2, 0.25) is 0 Å². The second-order valence-electron chi connectivity index (χ2n) is 6.36. The molecule has 0 radical (unpaired) electrons. The molecule has 1 saturated carbocycles. The molecule has 1 aliphatic carbocycles. The Morgan fingerprint density at radius 1 is 1.22 bits per heavy atom. The van der Waals surface area contributed by atoms with Gasteiger partial charge in [-0.05, 0) is 44.6 Å². The summed E-state index contributed by atoms with van der Waals surface area (Å²) in [5.41, 5.74) is 0. The summed E-state index contributed by atoms with van der Waals surface area (Å²) in [7, 11) is 2.01. The van der Waals surface area contributed by atoms with Gasteiger partial charge in [0.2, 0.25) is 0 Å². The monoisotopic (exact) mass is 254 g/mol. The van der Waals surface area contributed by atoms with Crippen molar-refractivity contribution in [3.05, 3.63) is 0 Å². The summed E-state index contributed by atoms with van der Waals surface area (Å²) in [6.07, 6.45) is 6.04. The minimum absolute atomic E-state index is 0.395. The van der Waals surface area contributed by atoms with Crippen molar-refractivity contribution in [2.45, 2.75) is 51.7 Å². The number of ether oxygens (including phenoxy) is 1. The molecule has 0 amide bonds. The number of likely N-dealkylation sites (N-methyl/N-ethyl adjacent to an activating group) is 1. The number of rotatable bonds is 4. The van der Waals surface area contributed by atoms with Gasteiger partial charge in [-0.2, -0.15) is 0 Å². The van der Waals surface area contributed by atoms with Gasteiger partial charge in [-0.1, -0.05) is 13.8 Å². The van der Waals surface area contributed by atoms with Crippen molar-refractivity contribution in [1.82, 2.24) is 10.2 Å². The number of nitrogens with zero attached hydrogens (tertiary/aromatic N) is 1. The van der Waals surface area contributed by atoms with Gasteiger partial charge in [0.1, 0.15) is 0 Å². The van der Waals surface area contributed by atoms with Crippen LogP contribution in [0.3, 0.4) is 0 Å². The lowest BCUT2D eigenvalue weighted by Crippen LogP contribution is -2.51. The Morgan fingerprint density at radius 2 is 1.94 bits per heavy atom. The van der Waals surface area contributed by atoms with E-state index in [1.54, 1.807) is 0 Å². The predicted octanol–water partition coefficient (Wildman–Crippen LogP) is 2.12. The van der Waals surface area contributed by atoms with Gasteiger partial charge >= 0.3 is 0 Å². The van der Waals surface area contributed by atoms with Gasteiger partial charge in [0, 0.05) is 25.7 Å². The zero-order valence-electron chi connectivity index (χ0n) is 12.3. The molecule has 18 heavy (non-hydrogen) atoms. The largest absolute Gasteiger partial charge is 0.374 e. The van der Waals surface area contributed by atoms with Crippen LogP contribution in [0, 0.1) is 11.8 Å². The van der Waals surface area contributed by atoms with Crippen molar-refractivity contribution < 1.29 is 4.74 Å². The molecule has 0 spiro atoms. The maximum atomic E-state index is 5.79. The molecule has 0 aromatic rings. The van der Waals surface area contributed by atoms with Crippen LogP contribution >= 0.6 is 0 Å². The first kappa shape index (κ1) is 14.3. The van der Waals surface area contributed by atoms with Crippen molar-refractivity contribution >= 4 is 0 Å². The second-order valence-corrected chi connectivity index (χ2v) is 6.36. The predicted molar refractivity (Wildman–Crippen MR) is 75.8 cm³/mol. The second kappa shape index (κ2) is 6.88. The summed E-state index contributed by atoms with van der Waals surface area (Å²) < 4.78 is 5.79. The summed E-state index contributed by atoms with van der Waals surface area (Å²) in [6.45, 7) is 8.91. The average Bonchev–Trinajstić information content (AvgIpc) is 2.39. The Morgan fingerprint density at radius 3 is 2.56 bits per heavy atom. The van der Waals surface area contributed by atoms with Gasteiger partial charge in [0.15, 0.2) is 0 Å². The fraction of sp³-hybridized carbons (Fsp3) is 1.00. The van der Waals surface area contributed by atoms with E-state index < -0.39 is 0 Å². The van der Waals surface area contributed by atoms with E-state index in [2.05, 4.69) is 24.1 Å². The Balaban J connectivity index is 1.78. The fourth-order valence-electron chi connectivity index (χ4n) is 3.56. The van der Waals surface area contributed by atoms with E-state index in [0.29, 0.717) is 6.10 Å². The molecular weight excluding hydrogens is 224 g/mol. The van der Waals surface area contributed by atoms with Crippen molar-refractivity contribution in [2.24, 2.45) is 11.8 Å². The Bertz CT molecular complexity index is 235. The van der Waals surface area contributed by atoms with Crippen LogP contribution in [0.25, 0.3) is 0 Å². The summed E-state index contributed by atoms with van der Waals surface area (Å²) in [6, 6.07) is 0.822. The topological polar surface area (TPSA) is 24.5 Å². The highest BCUT2D eigenvalue weighted by molar-refractivity contribution is 4.84. The number of morpholine rings is 1. The molecule has 1 atom stereocenters. The third-order valence-electron chi connectivity index (χ3n) is 4.80. The molecule has 2 aliphatic rings. The molecular formula is C15H30N2O. The van der Waals surface area contributed by atoms with Crippen LogP contribution in [0.15, 0.2) is 0 Å². The molecule has 2 rings (SSSR count). The van der Waals surface area contributed by atoms with Gasteiger partial charge in [-0.25, -0.2) is 0 Å². The van der Waals surface area contributed by atoms with Crippen LogP contribution in [-0.4, -0.2) is 50.3 Å². The molecule has 0 aromatic heterocycles. The molecule has 3 nitrogen and oxygen atoms in total. The van der Waals surface area contributed by atoms with E-state index in [1.165, 1.54) is 25.7 Å². The van der Waals surface area contributed by atoms with Crippen LogP contribution in [0.4, 0.5) is 0 Å². The third kappa shape index (κ3) is 3.69. The fourth-order valence-corrected chi connectivity index (χ4v) is 3.56. The van der Waals surface area contributed by atoms with E-state index in [0.717, 1.165) is 44.1 Å². The lowest BCUT2D eigenvalue weighted by Gasteiger charge is -2.42. The Hall–Kier alpha value is -0.120. The van der Waals surface area contributed by atoms with Gasteiger partial charge in [0.05, 0.1) is 12.7 Å². The van der Waals surface area contributed by atoms with E-state index in [9.17, 15) is 0 Å². The van der Waals surface area contributed by atoms with Crippen molar-refractivity contribution in [3.63, 3.8) is 0 Å². The molecule has 0 bridgehead atoms. The van der Waals surface area contributed by atoms with Crippen molar-refractivity contribution in [2.75, 3.05) is 33.3 Å². The molecule has 1 unspecified atom stereocenters. The number of hydrogen-bond donors (Lipinski definition) is 1. The maximum Gasteiger partial charge on any atom is 0.0826 e. The molecule has 0 aromatic carbocycles. The van der Waals surface area contributed by atoms with E-state index in [4.69, 9.17) is 4.74 Å². The lowest BCUT2D eigenvalue weighted by atomic mass is 9.79. The van der Waals surface area contributed by atoms with Crippen LogP contribution in [-0.2, 0) is 4.74 Å². The standard InChI is InChI=1S/C15H30N2O/c1-12(2)13-4-6-14(7-5-13)17-8-9-18-15(11-17)10-16-3/h12-16H,4-11H2,1-3H3. The highest BCUT2D eigenvalue weighted by Gasteiger charge is 2.30. The van der Waals surface area contributed by atoms with Crippen molar-refractivity contribution in [1.29, 1.82) is 0 Å². The Kier molecular flexibility index (Phi) is 5.46. The summed E-state index contributed by atoms with van der Waals surface area (Å²) in [4.78, 5) is 2.68. The van der Waals surface area contributed by atoms with Gasteiger partial charge in [-0.3, -0.25) is 4.90 Å². The Labute approximate surface area is 112 Å². The summed E-state index contributed by atoms with van der Waals surface area (Å²) >= 11 is 0. The minimum atomic E-state index is 0.395. The SMILES string of the molecule is CNCC1CN(C2CCC(C(C)C)CC2)CCO1. The maximum absolute atomic E-state index is 5.79. The third-order valence-corrected chi connectivity index (χ3v) is 4.80. The average molecular weight is 254 g/mol. The first-order valence-corrected chi connectivity index (χ1v) is 7.71. The minimum Gasteiger partial charge on any atom is -0.374 e.